The topological polar surface area (TPSA) is 172 Å². The Morgan fingerprint density at radius 3 is 2.53 bits per heavy atom. The molecule has 4 aliphatic rings. The van der Waals surface area contributed by atoms with Crippen LogP contribution in [-0.4, -0.2) is 123 Å². The molecule has 0 spiro atoms. The molecule has 3 amide bonds. The number of carbonyl (C=O) groups excluding carboxylic acids is 4. The van der Waals surface area contributed by atoms with Gasteiger partial charge in [-0.3, -0.25) is 29.1 Å². The Morgan fingerprint density at radius 1 is 1.06 bits per heavy atom. The van der Waals surface area contributed by atoms with Gasteiger partial charge < -0.3 is 30.6 Å². The standard InChI is InChI=1S/C38H57N7O6/c1-25(2)17-34(47)35(48)30(18-26-11-6-4-7-12-26)41-36(49)32-20-28-21-43(24-40-28)22-29(46)23-44-16-10-15-31(44)38(51)45(39)33(37(50)42(32)3)19-27-13-8-5-9-14-27/h5,8-9,11,13-14,21,25,30-35,40,47-48H,4,6-7,10,12,15-20,22-24,39H2,1-3H3,(H,41,49)/t30-,31-,32-,33-,34-,35+/m0/s1. The minimum atomic E-state index is -1.23. The molecule has 1 fully saturated rings. The molecule has 0 radical (unpaired) electrons. The first-order valence-electron chi connectivity index (χ1n) is 18.6. The second-order valence-corrected chi connectivity index (χ2v) is 15.1. The van der Waals surface area contributed by atoms with Crippen LogP contribution in [0.3, 0.4) is 0 Å². The van der Waals surface area contributed by atoms with Gasteiger partial charge in [-0.1, -0.05) is 55.8 Å². The maximum Gasteiger partial charge on any atom is 0.254 e. The van der Waals surface area contributed by atoms with Crippen molar-refractivity contribution >= 4 is 23.5 Å². The smallest absolute Gasteiger partial charge is 0.254 e. The van der Waals surface area contributed by atoms with E-state index in [0.29, 0.717) is 38.2 Å². The summed E-state index contributed by atoms with van der Waals surface area (Å²) in [4.78, 5) is 61.4. The molecule has 0 unspecified atom stereocenters. The van der Waals surface area contributed by atoms with Gasteiger partial charge in [0.1, 0.15) is 18.2 Å². The summed E-state index contributed by atoms with van der Waals surface area (Å²) < 4.78 is 0. The summed E-state index contributed by atoms with van der Waals surface area (Å²) in [6.45, 7) is 5.08. The first-order valence-corrected chi connectivity index (χ1v) is 18.6. The van der Waals surface area contributed by atoms with E-state index >= 15 is 0 Å². The van der Waals surface area contributed by atoms with Crippen molar-refractivity contribution in [3.63, 3.8) is 0 Å². The van der Waals surface area contributed by atoms with E-state index in [1.807, 2.05) is 60.2 Å². The molecule has 0 aromatic heterocycles. The Balaban J connectivity index is 1.49. The van der Waals surface area contributed by atoms with Gasteiger partial charge in [-0.2, -0.15) is 0 Å². The maximum absolute atomic E-state index is 14.6. The Morgan fingerprint density at radius 2 is 1.82 bits per heavy atom. The molecule has 1 aliphatic carbocycles. The van der Waals surface area contributed by atoms with E-state index in [9.17, 15) is 29.4 Å². The fourth-order valence-corrected chi connectivity index (χ4v) is 7.81. The molecule has 6 N–H and O–H groups in total. The van der Waals surface area contributed by atoms with Crippen LogP contribution in [0.2, 0.25) is 0 Å². The lowest BCUT2D eigenvalue weighted by molar-refractivity contribution is -0.151. The van der Waals surface area contributed by atoms with Gasteiger partial charge in [-0.25, -0.2) is 5.84 Å². The molecule has 51 heavy (non-hydrogen) atoms. The molecule has 6 atom stereocenters. The molecule has 1 aromatic carbocycles. The maximum atomic E-state index is 14.6. The molecular weight excluding hydrogens is 650 g/mol. The van der Waals surface area contributed by atoms with Crippen LogP contribution in [0, 0.1) is 5.92 Å². The minimum Gasteiger partial charge on any atom is -0.390 e. The summed E-state index contributed by atoms with van der Waals surface area (Å²) in [6.07, 6.45) is 7.75. The van der Waals surface area contributed by atoms with Gasteiger partial charge in [-0.05, 0) is 69.4 Å². The summed E-state index contributed by atoms with van der Waals surface area (Å²) >= 11 is 0. The zero-order chi connectivity index (χ0) is 36.7. The van der Waals surface area contributed by atoms with Crippen molar-refractivity contribution in [2.45, 2.75) is 114 Å². The Kier molecular flexibility index (Phi) is 13.3. The molecule has 0 saturated carbocycles. The molecular formula is C38H57N7O6. The lowest BCUT2D eigenvalue weighted by Gasteiger charge is -2.37. The molecule has 13 heteroatoms. The van der Waals surface area contributed by atoms with Crippen molar-refractivity contribution in [3.8, 4) is 0 Å². The molecule has 1 saturated heterocycles. The van der Waals surface area contributed by atoms with Crippen LogP contribution in [0.1, 0.15) is 77.2 Å². The van der Waals surface area contributed by atoms with Crippen molar-refractivity contribution in [2.24, 2.45) is 11.8 Å². The van der Waals surface area contributed by atoms with Crippen LogP contribution >= 0.6 is 0 Å². The van der Waals surface area contributed by atoms with Gasteiger partial charge in [-0.15, -0.1) is 0 Å². The second kappa shape index (κ2) is 17.6. The molecule has 3 aliphatic heterocycles. The number of amides is 3. The van der Waals surface area contributed by atoms with Gasteiger partial charge in [0.15, 0.2) is 5.78 Å². The van der Waals surface area contributed by atoms with E-state index < -0.39 is 54.1 Å². The SMILES string of the molecule is CC(C)C[C@H](O)[C@H](O)[C@H](CC1=CCCCC1)NC(=O)[C@@H]1CC2=CN(CN2)CC(=O)CN2CCC[C@H]2C(=O)N(N)[C@@H](Cc2ccccc2)C(=O)N1C. The van der Waals surface area contributed by atoms with Crippen molar-refractivity contribution in [3.05, 3.63) is 59.4 Å². The number of carbonyl (C=O) groups is 4. The highest BCUT2D eigenvalue weighted by Crippen LogP contribution is 2.26. The number of fused-ring (bicyclic) bond motifs is 2. The number of aliphatic hydroxyl groups excluding tert-OH is 2. The molecule has 280 valence electrons. The number of likely N-dealkylation sites (N-methyl/N-ethyl adjacent to an activating group) is 1. The van der Waals surface area contributed by atoms with E-state index in [-0.39, 0.29) is 37.6 Å². The lowest BCUT2D eigenvalue weighted by atomic mass is 9.89. The Labute approximate surface area is 301 Å². The number of allylic oxidation sites excluding steroid dienone is 1. The number of benzene rings is 1. The summed E-state index contributed by atoms with van der Waals surface area (Å²) in [5.74, 6) is 5.23. The number of hydrogen-bond donors (Lipinski definition) is 5. The molecule has 1 aromatic rings. The minimum absolute atomic E-state index is 0.0513. The summed E-state index contributed by atoms with van der Waals surface area (Å²) in [5, 5.41) is 29.8. The summed E-state index contributed by atoms with van der Waals surface area (Å²) in [7, 11) is 1.54. The number of ketones is 1. The highest BCUT2D eigenvalue weighted by molar-refractivity contribution is 5.93. The van der Waals surface area contributed by atoms with Gasteiger partial charge in [0.25, 0.3) is 5.91 Å². The number of nitrogens with two attached hydrogens (primary N) is 1. The van der Waals surface area contributed by atoms with Crippen LogP contribution in [0.15, 0.2) is 53.9 Å². The number of hydrazine groups is 1. The largest absolute Gasteiger partial charge is 0.390 e. The monoisotopic (exact) mass is 707 g/mol. The average molecular weight is 708 g/mol. The van der Waals surface area contributed by atoms with Crippen LogP contribution in [0.4, 0.5) is 0 Å². The van der Waals surface area contributed by atoms with Gasteiger partial charge in [0.05, 0.1) is 37.9 Å². The van der Waals surface area contributed by atoms with Crippen molar-refractivity contribution < 1.29 is 29.4 Å². The zero-order valence-corrected chi connectivity index (χ0v) is 30.4. The van der Waals surface area contributed by atoms with Crippen LogP contribution < -0.4 is 16.5 Å². The Hall–Kier alpha value is -3.78. The third-order valence-electron chi connectivity index (χ3n) is 10.6. The normalized spacial score (nSPS) is 25.7. The first kappa shape index (κ1) is 38.5. The van der Waals surface area contributed by atoms with E-state index in [4.69, 9.17) is 5.84 Å². The third kappa shape index (κ3) is 9.97. The summed E-state index contributed by atoms with van der Waals surface area (Å²) in [6, 6.07) is 5.66. The van der Waals surface area contributed by atoms with Crippen molar-refractivity contribution in [1.29, 1.82) is 0 Å². The lowest BCUT2D eigenvalue weighted by Crippen LogP contribution is -2.62. The predicted molar refractivity (Wildman–Crippen MR) is 193 cm³/mol. The van der Waals surface area contributed by atoms with Gasteiger partial charge >= 0.3 is 0 Å². The fraction of sp³-hybridized carbons (Fsp3) is 0.632. The van der Waals surface area contributed by atoms with Crippen LogP contribution in [0.25, 0.3) is 0 Å². The van der Waals surface area contributed by atoms with Crippen LogP contribution in [-0.2, 0) is 25.6 Å². The number of nitrogens with one attached hydrogen (secondary N) is 2. The van der Waals surface area contributed by atoms with Crippen molar-refractivity contribution in [2.75, 3.05) is 33.4 Å². The van der Waals surface area contributed by atoms with Crippen molar-refractivity contribution in [1.82, 2.24) is 30.3 Å². The van der Waals surface area contributed by atoms with E-state index in [2.05, 4.69) is 16.7 Å². The molecule has 2 bridgehead atoms. The zero-order valence-electron chi connectivity index (χ0n) is 30.4. The van der Waals surface area contributed by atoms with Gasteiger partial charge in [0.2, 0.25) is 11.8 Å². The Bertz CT molecular complexity index is 1450. The third-order valence-corrected chi connectivity index (χ3v) is 10.6. The van der Waals surface area contributed by atoms with E-state index in [0.717, 1.165) is 48.2 Å². The second-order valence-electron chi connectivity index (χ2n) is 15.1. The number of Topliss-reactive ketones (excluding diaryl/α,β-unsaturated/α-hetero) is 1. The number of nitrogens with zero attached hydrogens (tertiary/aromatic N) is 4. The first-order chi connectivity index (χ1) is 24.4. The fourth-order valence-electron chi connectivity index (χ4n) is 7.81. The number of rotatable bonds is 10. The van der Waals surface area contributed by atoms with E-state index in [1.165, 1.54) is 4.90 Å². The highest BCUT2D eigenvalue weighted by Gasteiger charge is 2.42. The van der Waals surface area contributed by atoms with Gasteiger partial charge in [0, 0.05) is 31.8 Å². The number of hydrogen-bond acceptors (Lipinski definition) is 10. The molecule has 5 rings (SSSR count). The van der Waals surface area contributed by atoms with Crippen LogP contribution in [0.5, 0.6) is 0 Å². The predicted octanol–water partition coefficient (Wildman–Crippen LogP) is 1.41. The van der Waals surface area contributed by atoms with E-state index in [1.54, 1.807) is 7.05 Å². The molecule has 13 nitrogen and oxygen atoms in total. The highest BCUT2D eigenvalue weighted by atomic mass is 16.3. The quantitative estimate of drug-likeness (QED) is 0.136. The average Bonchev–Trinajstić information content (AvgIpc) is 3.76. The number of aliphatic hydroxyl groups is 2. The summed E-state index contributed by atoms with van der Waals surface area (Å²) in [5.41, 5.74) is 2.59. The molecule has 3 heterocycles.